The first-order chi connectivity index (χ1) is 7.34. The average Bonchev–Trinajstić information content (AvgIpc) is 2.22. The highest BCUT2D eigenvalue weighted by atomic mass is 35.5. The van der Waals surface area contributed by atoms with Gasteiger partial charge in [-0.2, -0.15) is 0 Å². The van der Waals surface area contributed by atoms with Crippen LogP contribution < -0.4 is 5.73 Å². The number of phenolic OH excluding ortho intramolecular Hbond substituents is 1. The molecule has 0 amide bonds. The van der Waals surface area contributed by atoms with Crippen LogP contribution in [-0.2, 0) is 11.2 Å². The summed E-state index contributed by atoms with van der Waals surface area (Å²) in [7, 11) is 0. The van der Waals surface area contributed by atoms with Gasteiger partial charge in [0.15, 0.2) is 0 Å². The Bertz CT molecular complexity index is 432. The van der Waals surface area contributed by atoms with Crippen LogP contribution in [0, 0.1) is 13.8 Å². The van der Waals surface area contributed by atoms with Gasteiger partial charge in [-0.15, -0.1) is 0 Å². The van der Waals surface area contributed by atoms with Crippen LogP contribution in [-0.4, -0.2) is 22.2 Å². The van der Waals surface area contributed by atoms with Gasteiger partial charge in [0.25, 0.3) is 0 Å². The summed E-state index contributed by atoms with van der Waals surface area (Å²) >= 11 is 5.91. The summed E-state index contributed by atoms with van der Waals surface area (Å²) in [6.07, 6.45) is 0.0575. The molecule has 0 heterocycles. The van der Waals surface area contributed by atoms with Crippen LogP contribution in [0.5, 0.6) is 5.75 Å². The Balaban J connectivity index is 3.11. The lowest BCUT2D eigenvalue weighted by Gasteiger charge is -2.13. The minimum absolute atomic E-state index is 0.0575. The Morgan fingerprint density at radius 2 is 2.12 bits per heavy atom. The number of carbonyl (C=O) groups is 1. The molecule has 0 spiro atoms. The molecule has 0 saturated heterocycles. The third-order valence-electron chi connectivity index (χ3n) is 2.58. The van der Waals surface area contributed by atoms with Crippen molar-refractivity contribution in [3.63, 3.8) is 0 Å². The molecule has 0 aromatic heterocycles. The zero-order chi connectivity index (χ0) is 12.5. The molecule has 1 aromatic rings. The first-order valence-electron chi connectivity index (χ1n) is 4.80. The second-order valence-electron chi connectivity index (χ2n) is 3.79. The lowest BCUT2D eigenvalue weighted by molar-refractivity contribution is -0.138. The Morgan fingerprint density at radius 3 is 2.62 bits per heavy atom. The maximum absolute atomic E-state index is 10.6. The SMILES string of the molecule is Cc1cc(CC(N)C(=O)O)c(O)c(Cl)c1C. The molecule has 0 bridgehead atoms. The predicted molar refractivity (Wildman–Crippen MR) is 61.9 cm³/mol. The number of aromatic hydroxyl groups is 1. The zero-order valence-corrected chi connectivity index (χ0v) is 9.88. The van der Waals surface area contributed by atoms with E-state index in [-0.39, 0.29) is 17.2 Å². The number of aryl methyl sites for hydroxylation is 1. The van der Waals surface area contributed by atoms with E-state index in [4.69, 9.17) is 22.4 Å². The molecular formula is C11H14ClNO3. The van der Waals surface area contributed by atoms with Gasteiger partial charge < -0.3 is 15.9 Å². The van der Waals surface area contributed by atoms with Crippen molar-refractivity contribution in [2.75, 3.05) is 0 Å². The summed E-state index contributed by atoms with van der Waals surface area (Å²) in [6.45, 7) is 3.63. The van der Waals surface area contributed by atoms with Crippen molar-refractivity contribution in [1.82, 2.24) is 0 Å². The third kappa shape index (κ3) is 2.46. The largest absolute Gasteiger partial charge is 0.506 e. The maximum atomic E-state index is 10.6. The van der Waals surface area contributed by atoms with Crippen molar-refractivity contribution in [3.05, 3.63) is 27.8 Å². The van der Waals surface area contributed by atoms with E-state index in [1.807, 2.05) is 6.92 Å². The standard InChI is InChI=1S/C11H14ClNO3/c1-5-3-7(4-8(13)11(15)16)10(14)9(12)6(5)2/h3,8,14H,4,13H2,1-2H3,(H,15,16). The number of aliphatic carboxylic acids is 1. The number of nitrogens with two attached hydrogens (primary N) is 1. The van der Waals surface area contributed by atoms with Gasteiger partial charge in [-0.05, 0) is 30.5 Å². The third-order valence-corrected chi connectivity index (χ3v) is 3.04. The van der Waals surface area contributed by atoms with Gasteiger partial charge in [0.05, 0.1) is 5.02 Å². The van der Waals surface area contributed by atoms with E-state index in [1.54, 1.807) is 13.0 Å². The number of rotatable bonds is 3. The van der Waals surface area contributed by atoms with Crippen LogP contribution in [0.3, 0.4) is 0 Å². The minimum Gasteiger partial charge on any atom is -0.506 e. The van der Waals surface area contributed by atoms with Gasteiger partial charge in [0, 0.05) is 6.42 Å². The topological polar surface area (TPSA) is 83.6 Å². The Labute approximate surface area is 98.6 Å². The first-order valence-corrected chi connectivity index (χ1v) is 5.18. The normalized spacial score (nSPS) is 12.5. The lowest BCUT2D eigenvalue weighted by atomic mass is 10.00. The van der Waals surface area contributed by atoms with Crippen molar-refractivity contribution >= 4 is 17.6 Å². The molecule has 16 heavy (non-hydrogen) atoms. The summed E-state index contributed by atoms with van der Waals surface area (Å²) in [4.78, 5) is 10.6. The van der Waals surface area contributed by atoms with E-state index < -0.39 is 12.0 Å². The fraction of sp³-hybridized carbons (Fsp3) is 0.364. The molecule has 0 fully saturated rings. The van der Waals surface area contributed by atoms with Gasteiger partial charge >= 0.3 is 5.97 Å². The molecule has 0 aliphatic heterocycles. The molecular weight excluding hydrogens is 230 g/mol. The number of benzene rings is 1. The quantitative estimate of drug-likeness (QED) is 0.753. The molecule has 1 atom stereocenters. The molecule has 0 saturated carbocycles. The van der Waals surface area contributed by atoms with Gasteiger partial charge in [0.1, 0.15) is 11.8 Å². The average molecular weight is 244 g/mol. The monoisotopic (exact) mass is 243 g/mol. The van der Waals surface area contributed by atoms with Crippen LogP contribution in [0.25, 0.3) is 0 Å². The number of hydrogen-bond donors (Lipinski definition) is 3. The summed E-state index contributed by atoms with van der Waals surface area (Å²) in [5, 5.41) is 18.7. The molecule has 5 heteroatoms. The molecule has 88 valence electrons. The van der Waals surface area contributed by atoms with Gasteiger partial charge in [-0.1, -0.05) is 17.7 Å². The molecule has 0 aliphatic carbocycles. The maximum Gasteiger partial charge on any atom is 0.320 e. The molecule has 1 rings (SSSR count). The Morgan fingerprint density at radius 1 is 1.56 bits per heavy atom. The van der Waals surface area contributed by atoms with Gasteiger partial charge in [-0.25, -0.2) is 0 Å². The van der Waals surface area contributed by atoms with Crippen molar-refractivity contribution in [1.29, 1.82) is 0 Å². The van der Waals surface area contributed by atoms with Crippen LogP contribution in [0.4, 0.5) is 0 Å². The molecule has 4 nitrogen and oxygen atoms in total. The highest BCUT2D eigenvalue weighted by molar-refractivity contribution is 6.33. The van der Waals surface area contributed by atoms with Crippen molar-refractivity contribution in [2.24, 2.45) is 5.73 Å². The Hall–Kier alpha value is -1.26. The first kappa shape index (κ1) is 12.8. The molecule has 1 unspecified atom stereocenters. The number of carboxylic acids is 1. The minimum atomic E-state index is -1.10. The predicted octanol–water partition coefficient (Wildman–Crippen LogP) is 1.62. The summed E-state index contributed by atoms with van der Waals surface area (Å²) in [6, 6.07) is 0.670. The smallest absolute Gasteiger partial charge is 0.320 e. The number of phenols is 1. The summed E-state index contributed by atoms with van der Waals surface area (Å²) in [5.41, 5.74) is 7.55. The summed E-state index contributed by atoms with van der Waals surface area (Å²) < 4.78 is 0. The van der Waals surface area contributed by atoms with E-state index in [0.29, 0.717) is 5.56 Å². The zero-order valence-electron chi connectivity index (χ0n) is 9.12. The lowest BCUT2D eigenvalue weighted by Crippen LogP contribution is -2.32. The van der Waals surface area contributed by atoms with Crippen LogP contribution in [0.1, 0.15) is 16.7 Å². The van der Waals surface area contributed by atoms with Crippen molar-refractivity contribution in [2.45, 2.75) is 26.3 Å². The van der Waals surface area contributed by atoms with E-state index >= 15 is 0 Å². The highest BCUT2D eigenvalue weighted by Crippen LogP contribution is 2.33. The number of hydrogen-bond acceptors (Lipinski definition) is 3. The van der Waals surface area contributed by atoms with Crippen molar-refractivity contribution < 1.29 is 15.0 Å². The fourth-order valence-electron chi connectivity index (χ4n) is 1.41. The number of halogens is 1. The molecule has 0 radical (unpaired) electrons. The highest BCUT2D eigenvalue weighted by Gasteiger charge is 2.17. The van der Waals surface area contributed by atoms with E-state index in [9.17, 15) is 9.90 Å². The van der Waals surface area contributed by atoms with Crippen LogP contribution in [0.2, 0.25) is 5.02 Å². The summed E-state index contributed by atoms with van der Waals surface area (Å²) in [5.74, 6) is -1.18. The van der Waals surface area contributed by atoms with E-state index in [0.717, 1.165) is 11.1 Å². The molecule has 1 aromatic carbocycles. The molecule has 4 N–H and O–H groups in total. The van der Waals surface area contributed by atoms with Gasteiger partial charge in [0.2, 0.25) is 0 Å². The second-order valence-corrected chi connectivity index (χ2v) is 4.17. The van der Waals surface area contributed by atoms with Crippen LogP contribution >= 0.6 is 11.6 Å². The number of carboxylic acid groups (broad SMARTS) is 1. The van der Waals surface area contributed by atoms with Crippen LogP contribution in [0.15, 0.2) is 6.07 Å². The van der Waals surface area contributed by atoms with E-state index in [2.05, 4.69) is 0 Å². The molecule has 0 aliphatic rings. The van der Waals surface area contributed by atoms with Crippen molar-refractivity contribution in [3.8, 4) is 5.75 Å². The second kappa shape index (κ2) is 4.72. The van der Waals surface area contributed by atoms with Gasteiger partial charge in [-0.3, -0.25) is 4.79 Å². The fourth-order valence-corrected chi connectivity index (χ4v) is 1.68. The Kier molecular flexibility index (Phi) is 3.78. The van der Waals surface area contributed by atoms with E-state index in [1.165, 1.54) is 0 Å².